The third kappa shape index (κ3) is 4.53. The SMILES string of the molecule is Cc1ccc(C(C)C)cc1OCC(O)Cn1cc([N+](=O)[O-])cn1. The average molecular weight is 319 g/mol. The van der Waals surface area contributed by atoms with Crippen LogP contribution < -0.4 is 4.74 Å². The molecule has 0 saturated carbocycles. The highest BCUT2D eigenvalue weighted by molar-refractivity contribution is 5.37. The van der Waals surface area contributed by atoms with E-state index in [1.165, 1.54) is 16.4 Å². The van der Waals surface area contributed by atoms with Gasteiger partial charge in [-0.2, -0.15) is 5.10 Å². The van der Waals surface area contributed by atoms with Gasteiger partial charge in [-0.25, -0.2) is 0 Å². The first kappa shape index (κ1) is 17.0. The van der Waals surface area contributed by atoms with Gasteiger partial charge in [-0.05, 0) is 30.0 Å². The van der Waals surface area contributed by atoms with E-state index in [9.17, 15) is 15.2 Å². The Balaban J connectivity index is 1.94. The van der Waals surface area contributed by atoms with Crippen molar-refractivity contribution >= 4 is 5.69 Å². The Bertz CT molecular complexity index is 682. The van der Waals surface area contributed by atoms with Gasteiger partial charge < -0.3 is 9.84 Å². The second-order valence-electron chi connectivity index (χ2n) is 5.82. The number of aliphatic hydroxyl groups is 1. The quantitative estimate of drug-likeness (QED) is 0.626. The smallest absolute Gasteiger partial charge is 0.306 e. The van der Waals surface area contributed by atoms with Crippen LogP contribution in [0.4, 0.5) is 5.69 Å². The summed E-state index contributed by atoms with van der Waals surface area (Å²) in [6.07, 6.45) is 1.63. The molecule has 7 nitrogen and oxygen atoms in total. The molecule has 0 saturated heterocycles. The number of aryl methyl sites for hydroxylation is 1. The summed E-state index contributed by atoms with van der Waals surface area (Å²) in [4.78, 5) is 10.1. The molecule has 0 spiro atoms. The van der Waals surface area contributed by atoms with Gasteiger partial charge in [0.2, 0.25) is 0 Å². The molecule has 2 aromatic rings. The second kappa shape index (κ2) is 7.23. The molecule has 124 valence electrons. The summed E-state index contributed by atoms with van der Waals surface area (Å²) in [5.74, 6) is 1.13. The van der Waals surface area contributed by atoms with Crippen LogP contribution in [0, 0.1) is 17.0 Å². The van der Waals surface area contributed by atoms with E-state index < -0.39 is 11.0 Å². The molecule has 2 rings (SSSR count). The van der Waals surface area contributed by atoms with E-state index in [1.54, 1.807) is 0 Å². The minimum atomic E-state index is -0.809. The Morgan fingerprint density at radius 1 is 1.43 bits per heavy atom. The Kier molecular flexibility index (Phi) is 5.33. The van der Waals surface area contributed by atoms with Gasteiger partial charge in [-0.1, -0.05) is 26.0 Å². The van der Waals surface area contributed by atoms with E-state index in [4.69, 9.17) is 4.74 Å². The third-order valence-electron chi connectivity index (χ3n) is 3.54. The van der Waals surface area contributed by atoms with Crippen LogP contribution in [0.2, 0.25) is 0 Å². The van der Waals surface area contributed by atoms with E-state index in [-0.39, 0.29) is 18.8 Å². The monoisotopic (exact) mass is 319 g/mol. The number of aliphatic hydroxyl groups excluding tert-OH is 1. The van der Waals surface area contributed by atoms with Crippen molar-refractivity contribution in [1.29, 1.82) is 0 Å². The topological polar surface area (TPSA) is 90.4 Å². The van der Waals surface area contributed by atoms with E-state index in [2.05, 4.69) is 25.0 Å². The van der Waals surface area contributed by atoms with Gasteiger partial charge >= 0.3 is 5.69 Å². The fourth-order valence-electron chi connectivity index (χ4n) is 2.13. The number of hydrogen-bond donors (Lipinski definition) is 1. The first-order valence-electron chi connectivity index (χ1n) is 7.45. The molecule has 23 heavy (non-hydrogen) atoms. The Morgan fingerprint density at radius 2 is 2.17 bits per heavy atom. The number of aromatic nitrogens is 2. The average Bonchev–Trinajstić information content (AvgIpc) is 2.94. The molecule has 1 aromatic carbocycles. The number of nitro groups is 1. The molecule has 1 heterocycles. The molecule has 1 N–H and O–H groups in total. The zero-order chi connectivity index (χ0) is 17.0. The van der Waals surface area contributed by atoms with Crippen LogP contribution in [0.15, 0.2) is 30.6 Å². The van der Waals surface area contributed by atoms with E-state index in [0.717, 1.165) is 17.5 Å². The summed E-state index contributed by atoms with van der Waals surface area (Å²) in [5.41, 5.74) is 2.07. The van der Waals surface area contributed by atoms with Gasteiger partial charge in [0.1, 0.15) is 30.9 Å². The maximum Gasteiger partial charge on any atom is 0.306 e. The van der Waals surface area contributed by atoms with Crippen LogP contribution in [0.25, 0.3) is 0 Å². The number of rotatable bonds is 7. The largest absolute Gasteiger partial charge is 0.491 e. The predicted octanol–water partition coefficient (Wildman–Crippen LogP) is 2.66. The van der Waals surface area contributed by atoms with Crippen molar-refractivity contribution in [1.82, 2.24) is 9.78 Å². The molecule has 0 fully saturated rings. The number of hydrogen-bond acceptors (Lipinski definition) is 5. The van der Waals surface area contributed by atoms with Crippen molar-refractivity contribution in [2.45, 2.75) is 39.3 Å². The lowest BCUT2D eigenvalue weighted by Gasteiger charge is -2.15. The van der Waals surface area contributed by atoms with Crippen molar-refractivity contribution in [2.75, 3.05) is 6.61 Å². The van der Waals surface area contributed by atoms with E-state index in [1.807, 2.05) is 19.1 Å². The summed E-state index contributed by atoms with van der Waals surface area (Å²) >= 11 is 0. The maximum absolute atomic E-state index is 10.6. The van der Waals surface area contributed by atoms with Crippen LogP contribution in [0.5, 0.6) is 5.75 Å². The van der Waals surface area contributed by atoms with Crippen LogP contribution in [-0.2, 0) is 6.54 Å². The summed E-state index contributed by atoms with van der Waals surface area (Å²) in [6, 6.07) is 6.03. The van der Waals surface area contributed by atoms with Crippen molar-refractivity contribution < 1.29 is 14.8 Å². The van der Waals surface area contributed by atoms with Gasteiger partial charge in [0.15, 0.2) is 0 Å². The van der Waals surface area contributed by atoms with E-state index >= 15 is 0 Å². The second-order valence-corrected chi connectivity index (χ2v) is 5.82. The molecule has 1 atom stereocenters. The zero-order valence-electron chi connectivity index (χ0n) is 13.5. The maximum atomic E-state index is 10.6. The van der Waals surface area contributed by atoms with Crippen molar-refractivity contribution in [3.63, 3.8) is 0 Å². The van der Waals surface area contributed by atoms with Crippen molar-refractivity contribution in [3.8, 4) is 5.75 Å². The predicted molar refractivity (Wildman–Crippen MR) is 85.7 cm³/mol. The first-order valence-corrected chi connectivity index (χ1v) is 7.45. The minimum Gasteiger partial charge on any atom is -0.491 e. The van der Waals surface area contributed by atoms with Crippen molar-refractivity contribution in [3.05, 3.63) is 51.8 Å². The third-order valence-corrected chi connectivity index (χ3v) is 3.54. The summed E-state index contributed by atoms with van der Waals surface area (Å²) < 4.78 is 7.03. The lowest BCUT2D eigenvalue weighted by molar-refractivity contribution is -0.385. The fourth-order valence-corrected chi connectivity index (χ4v) is 2.13. The molecule has 0 aliphatic carbocycles. The molecule has 0 radical (unpaired) electrons. The van der Waals surface area contributed by atoms with Gasteiger partial charge in [0, 0.05) is 0 Å². The summed E-state index contributed by atoms with van der Waals surface area (Å²) in [7, 11) is 0. The summed E-state index contributed by atoms with van der Waals surface area (Å²) in [5, 5.41) is 24.5. The lowest BCUT2D eigenvalue weighted by atomic mass is 10.0. The molecule has 7 heteroatoms. The fraction of sp³-hybridized carbons (Fsp3) is 0.438. The Labute approximate surface area is 134 Å². The minimum absolute atomic E-state index is 0.0933. The molecular weight excluding hydrogens is 298 g/mol. The molecule has 1 aromatic heterocycles. The number of benzene rings is 1. The standard InChI is InChI=1S/C16H21N3O4/c1-11(2)13-5-4-12(3)16(6-13)23-10-15(20)9-18-8-14(7-17-18)19(21)22/h4-8,11,15,20H,9-10H2,1-3H3. The van der Waals surface area contributed by atoms with Gasteiger partial charge in [-0.3, -0.25) is 14.8 Å². The number of ether oxygens (including phenoxy) is 1. The highest BCUT2D eigenvalue weighted by atomic mass is 16.6. The Morgan fingerprint density at radius 3 is 2.78 bits per heavy atom. The number of nitrogens with zero attached hydrogens (tertiary/aromatic N) is 3. The molecule has 0 amide bonds. The van der Waals surface area contributed by atoms with Crippen LogP contribution in [0.3, 0.4) is 0 Å². The molecule has 0 bridgehead atoms. The lowest BCUT2D eigenvalue weighted by Crippen LogP contribution is -2.24. The normalized spacial score (nSPS) is 12.4. The molecule has 0 aliphatic heterocycles. The highest BCUT2D eigenvalue weighted by Gasteiger charge is 2.13. The zero-order valence-corrected chi connectivity index (χ0v) is 13.5. The molecular formula is C16H21N3O4. The van der Waals surface area contributed by atoms with Gasteiger partial charge in [0.05, 0.1) is 11.5 Å². The van der Waals surface area contributed by atoms with Crippen LogP contribution >= 0.6 is 0 Å². The highest BCUT2D eigenvalue weighted by Crippen LogP contribution is 2.24. The van der Waals surface area contributed by atoms with Crippen molar-refractivity contribution in [2.24, 2.45) is 0 Å². The molecule has 0 aliphatic rings. The van der Waals surface area contributed by atoms with Crippen LogP contribution in [-0.4, -0.2) is 32.5 Å². The van der Waals surface area contributed by atoms with Crippen LogP contribution in [0.1, 0.15) is 30.9 Å². The van der Waals surface area contributed by atoms with E-state index in [0.29, 0.717) is 5.92 Å². The van der Waals surface area contributed by atoms with Gasteiger partial charge in [-0.15, -0.1) is 0 Å². The van der Waals surface area contributed by atoms with Gasteiger partial charge in [0.25, 0.3) is 0 Å². The molecule has 1 unspecified atom stereocenters. The summed E-state index contributed by atoms with van der Waals surface area (Å²) in [6.45, 7) is 6.39. The Hall–Kier alpha value is -2.41. The first-order chi connectivity index (χ1) is 10.9.